The first-order chi connectivity index (χ1) is 9.69. The molecule has 0 radical (unpaired) electrons. The highest BCUT2D eigenvalue weighted by Crippen LogP contribution is 2.14. The number of hydrogen-bond donors (Lipinski definition) is 2. The van der Waals surface area contributed by atoms with E-state index in [1.807, 2.05) is 37.3 Å². The Hall–Kier alpha value is -1.78. The standard InChI is InChI=1S/C16H19FN2O/c1-12(14-8-15(17)10-18-9-14)19-16(11-20)7-13-5-3-2-4-6-13/h2-6,8-10,12,16,19-20H,7,11H2,1H3. The predicted octanol–water partition coefficient (Wildman–Crippen LogP) is 2.47. The molecule has 2 rings (SSSR count). The molecule has 2 N–H and O–H groups in total. The van der Waals surface area contributed by atoms with Gasteiger partial charge >= 0.3 is 0 Å². The maximum Gasteiger partial charge on any atom is 0.141 e. The van der Waals surface area contributed by atoms with E-state index in [-0.39, 0.29) is 24.5 Å². The summed E-state index contributed by atoms with van der Waals surface area (Å²) in [6.07, 6.45) is 3.55. The van der Waals surface area contributed by atoms with E-state index in [4.69, 9.17) is 0 Å². The highest BCUT2D eigenvalue weighted by molar-refractivity contribution is 5.17. The minimum Gasteiger partial charge on any atom is -0.395 e. The fraction of sp³-hybridized carbons (Fsp3) is 0.312. The number of aliphatic hydroxyl groups is 1. The van der Waals surface area contributed by atoms with Crippen LogP contribution in [0.15, 0.2) is 48.8 Å². The Morgan fingerprint density at radius 2 is 2.00 bits per heavy atom. The lowest BCUT2D eigenvalue weighted by Crippen LogP contribution is -2.36. The number of nitrogens with one attached hydrogen (secondary N) is 1. The third-order valence-electron chi connectivity index (χ3n) is 3.26. The highest BCUT2D eigenvalue weighted by Gasteiger charge is 2.14. The van der Waals surface area contributed by atoms with Gasteiger partial charge in [-0.05, 0) is 30.5 Å². The predicted molar refractivity (Wildman–Crippen MR) is 76.8 cm³/mol. The number of aliphatic hydroxyl groups excluding tert-OH is 1. The summed E-state index contributed by atoms with van der Waals surface area (Å²) in [6.45, 7) is 1.96. The zero-order chi connectivity index (χ0) is 14.4. The third-order valence-corrected chi connectivity index (χ3v) is 3.26. The zero-order valence-electron chi connectivity index (χ0n) is 11.5. The summed E-state index contributed by atoms with van der Waals surface area (Å²) >= 11 is 0. The molecule has 2 aromatic rings. The fourth-order valence-corrected chi connectivity index (χ4v) is 2.19. The Labute approximate surface area is 118 Å². The van der Waals surface area contributed by atoms with Crippen molar-refractivity contribution in [3.63, 3.8) is 0 Å². The largest absolute Gasteiger partial charge is 0.395 e. The van der Waals surface area contributed by atoms with Crippen molar-refractivity contribution in [2.24, 2.45) is 0 Å². The van der Waals surface area contributed by atoms with Crippen molar-refractivity contribution in [2.45, 2.75) is 25.4 Å². The van der Waals surface area contributed by atoms with Crippen molar-refractivity contribution in [3.05, 3.63) is 65.7 Å². The van der Waals surface area contributed by atoms with E-state index in [2.05, 4.69) is 10.3 Å². The summed E-state index contributed by atoms with van der Waals surface area (Å²) < 4.78 is 13.2. The van der Waals surface area contributed by atoms with Crippen LogP contribution in [0.5, 0.6) is 0 Å². The van der Waals surface area contributed by atoms with Crippen LogP contribution in [-0.2, 0) is 6.42 Å². The Kier molecular flexibility index (Phi) is 5.21. The van der Waals surface area contributed by atoms with Crippen molar-refractivity contribution in [3.8, 4) is 0 Å². The average Bonchev–Trinajstić information content (AvgIpc) is 2.47. The first-order valence-corrected chi connectivity index (χ1v) is 6.70. The zero-order valence-corrected chi connectivity index (χ0v) is 11.5. The molecule has 20 heavy (non-hydrogen) atoms. The Bertz CT molecular complexity index is 533. The molecule has 4 heteroatoms. The molecule has 0 saturated carbocycles. The molecule has 0 aliphatic carbocycles. The van der Waals surface area contributed by atoms with E-state index in [9.17, 15) is 9.50 Å². The van der Waals surface area contributed by atoms with Gasteiger partial charge < -0.3 is 10.4 Å². The third kappa shape index (κ3) is 4.11. The van der Waals surface area contributed by atoms with Gasteiger partial charge in [-0.3, -0.25) is 4.98 Å². The lowest BCUT2D eigenvalue weighted by atomic mass is 10.0. The van der Waals surface area contributed by atoms with Gasteiger partial charge in [-0.25, -0.2) is 4.39 Å². The van der Waals surface area contributed by atoms with E-state index < -0.39 is 0 Å². The molecule has 1 heterocycles. The molecular formula is C16H19FN2O. The maximum absolute atomic E-state index is 13.2. The molecule has 0 fully saturated rings. The van der Waals surface area contributed by atoms with Crippen LogP contribution in [0.3, 0.4) is 0 Å². The lowest BCUT2D eigenvalue weighted by molar-refractivity contribution is 0.232. The lowest BCUT2D eigenvalue weighted by Gasteiger charge is -2.22. The quantitative estimate of drug-likeness (QED) is 0.850. The minimum absolute atomic E-state index is 0.0297. The van der Waals surface area contributed by atoms with E-state index in [1.54, 1.807) is 6.20 Å². The van der Waals surface area contributed by atoms with Crippen molar-refractivity contribution >= 4 is 0 Å². The molecule has 2 atom stereocenters. The molecule has 0 spiro atoms. The summed E-state index contributed by atoms with van der Waals surface area (Å²) in [5, 5.41) is 12.8. The van der Waals surface area contributed by atoms with Crippen LogP contribution in [-0.4, -0.2) is 22.7 Å². The van der Waals surface area contributed by atoms with E-state index in [0.29, 0.717) is 0 Å². The van der Waals surface area contributed by atoms with Gasteiger partial charge in [0.15, 0.2) is 0 Å². The van der Waals surface area contributed by atoms with E-state index in [0.717, 1.165) is 17.5 Å². The number of aromatic nitrogens is 1. The van der Waals surface area contributed by atoms with Crippen LogP contribution in [0, 0.1) is 5.82 Å². The molecule has 0 aliphatic rings. The second-order valence-corrected chi connectivity index (χ2v) is 4.89. The highest BCUT2D eigenvalue weighted by atomic mass is 19.1. The number of nitrogens with zero attached hydrogens (tertiary/aromatic N) is 1. The van der Waals surface area contributed by atoms with Crippen LogP contribution in [0.1, 0.15) is 24.1 Å². The van der Waals surface area contributed by atoms with Gasteiger partial charge in [0.1, 0.15) is 5.82 Å². The number of halogens is 1. The SMILES string of the molecule is CC(NC(CO)Cc1ccccc1)c1cncc(F)c1. The summed E-state index contributed by atoms with van der Waals surface area (Å²) in [5.74, 6) is -0.347. The first kappa shape index (κ1) is 14.6. The smallest absolute Gasteiger partial charge is 0.141 e. The Balaban J connectivity index is 1.99. The molecule has 0 amide bonds. The minimum atomic E-state index is -0.347. The van der Waals surface area contributed by atoms with Gasteiger partial charge in [-0.1, -0.05) is 30.3 Å². The van der Waals surface area contributed by atoms with Crippen LogP contribution < -0.4 is 5.32 Å². The summed E-state index contributed by atoms with van der Waals surface area (Å²) in [7, 11) is 0. The molecule has 106 valence electrons. The van der Waals surface area contributed by atoms with Crippen molar-refractivity contribution in [1.29, 1.82) is 0 Å². The van der Waals surface area contributed by atoms with Crippen LogP contribution in [0.2, 0.25) is 0 Å². The van der Waals surface area contributed by atoms with Gasteiger partial charge in [0.2, 0.25) is 0 Å². The number of benzene rings is 1. The van der Waals surface area contributed by atoms with Gasteiger partial charge in [-0.15, -0.1) is 0 Å². The van der Waals surface area contributed by atoms with Crippen LogP contribution in [0.4, 0.5) is 4.39 Å². The second-order valence-electron chi connectivity index (χ2n) is 4.89. The van der Waals surface area contributed by atoms with Gasteiger partial charge in [0.25, 0.3) is 0 Å². The molecular weight excluding hydrogens is 255 g/mol. The number of pyridine rings is 1. The molecule has 1 aromatic heterocycles. The first-order valence-electron chi connectivity index (χ1n) is 6.70. The monoisotopic (exact) mass is 274 g/mol. The Morgan fingerprint density at radius 1 is 1.25 bits per heavy atom. The summed E-state index contributed by atoms with van der Waals surface area (Å²) in [4.78, 5) is 3.84. The normalized spacial score (nSPS) is 13.9. The molecule has 3 nitrogen and oxygen atoms in total. The summed E-state index contributed by atoms with van der Waals surface area (Å²) in [5.41, 5.74) is 1.93. The van der Waals surface area contributed by atoms with Gasteiger partial charge in [-0.2, -0.15) is 0 Å². The molecule has 2 unspecified atom stereocenters. The van der Waals surface area contributed by atoms with Crippen molar-refractivity contribution in [2.75, 3.05) is 6.61 Å². The Morgan fingerprint density at radius 3 is 2.65 bits per heavy atom. The topological polar surface area (TPSA) is 45.1 Å². The van der Waals surface area contributed by atoms with Crippen molar-refractivity contribution in [1.82, 2.24) is 10.3 Å². The van der Waals surface area contributed by atoms with E-state index in [1.165, 1.54) is 12.3 Å². The van der Waals surface area contributed by atoms with Gasteiger partial charge in [0.05, 0.1) is 12.8 Å². The van der Waals surface area contributed by atoms with Gasteiger partial charge in [0, 0.05) is 18.3 Å². The second kappa shape index (κ2) is 7.12. The molecule has 0 aliphatic heterocycles. The number of rotatable bonds is 6. The van der Waals surface area contributed by atoms with Crippen molar-refractivity contribution < 1.29 is 9.50 Å². The molecule has 1 aromatic carbocycles. The van der Waals surface area contributed by atoms with Crippen LogP contribution >= 0.6 is 0 Å². The van der Waals surface area contributed by atoms with Crippen LogP contribution in [0.25, 0.3) is 0 Å². The summed E-state index contributed by atoms with van der Waals surface area (Å²) in [6, 6.07) is 11.3. The molecule has 0 saturated heterocycles. The molecule has 0 bridgehead atoms. The average molecular weight is 274 g/mol. The number of hydrogen-bond acceptors (Lipinski definition) is 3. The fourth-order valence-electron chi connectivity index (χ4n) is 2.19. The van der Waals surface area contributed by atoms with E-state index >= 15 is 0 Å². The maximum atomic E-state index is 13.2.